The Hall–Kier alpha value is -2.37. The Labute approximate surface area is 97.7 Å². The Bertz CT molecular complexity index is 536. The summed E-state index contributed by atoms with van der Waals surface area (Å²) in [6.07, 6.45) is 0.687. The molecule has 0 aliphatic rings. The number of H-pyrrole nitrogens is 1. The first-order chi connectivity index (χ1) is 8.19. The number of nitrogens with one attached hydrogen (secondary N) is 2. The molecular weight excluding hydrogens is 220 g/mol. The number of rotatable bonds is 3. The van der Waals surface area contributed by atoms with Gasteiger partial charge < -0.3 is 10.4 Å². The van der Waals surface area contributed by atoms with Gasteiger partial charge in [-0.2, -0.15) is 0 Å². The first-order valence-electron chi connectivity index (χ1n) is 5.20. The number of amides is 1. The molecule has 0 aliphatic heterocycles. The molecule has 0 atom stereocenters. The van der Waals surface area contributed by atoms with Gasteiger partial charge in [-0.05, 0) is 12.1 Å². The van der Waals surface area contributed by atoms with Crippen molar-refractivity contribution in [1.82, 2.24) is 15.2 Å². The van der Waals surface area contributed by atoms with Crippen LogP contribution in [0.1, 0.15) is 23.4 Å². The Kier molecular flexibility index (Phi) is 3.04. The van der Waals surface area contributed by atoms with Crippen LogP contribution < -0.4 is 5.32 Å². The molecule has 1 amide bonds. The lowest BCUT2D eigenvalue weighted by molar-refractivity contribution is 0.101. The molecule has 0 saturated carbocycles. The molecule has 1 heterocycles. The van der Waals surface area contributed by atoms with Gasteiger partial charge in [0.15, 0.2) is 0 Å². The molecule has 17 heavy (non-hydrogen) atoms. The van der Waals surface area contributed by atoms with E-state index in [4.69, 9.17) is 0 Å². The Morgan fingerprint density at radius 3 is 3.00 bits per heavy atom. The zero-order valence-corrected chi connectivity index (χ0v) is 9.27. The molecule has 0 bridgehead atoms. The number of aromatic hydroxyl groups is 1. The predicted octanol–water partition coefficient (Wildman–Crippen LogP) is 1.32. The van der Waals surface area contributed by atoms with Gasteiger partial charge in [0.05, 0.1) is 0 Å². The van der Waals surface area contributed by atoms with E-state index in [0.717, 1.165) is 0 Å². The molecule has 3 N–H and O–H groups in total. The third-order valence-electron chi connectivity index (χ3n) is 2.17. The second-order valence-corrected chi connectivity index (χ2v) is 3.46. The topological polar surface area (TPSA) is 90.9 Å². The summed E-state index contributed by atoms with van der Waals surface area (Å²) in [5, 5.41) is 18.3. The van der Waals surface area contributed by atoms with Crippen LogP contribution in [0.2, 0.25) is 0 Å². The number of carbonyl (C=O) groups is 1. The van der Waals surface area contributed by atoms with E-state index in [1.54, 1.807) is 12.1 Å². The molecule has 0 spiro atoms. The zero-order chi connectivity index (χ0) is 12.3. The molecule has 6 heteroatoms. The predicted molar refractivity (Wildman–Crippen MR) is 61.8 cm³/mol. The number of nitrogens with zero attached hydrogens (tertiary/aromatic N) is 2. The van der Waals surface area contributed by atoms with Crippen molar-refractivity contribution in [3.63, 3.8) is 0 Å². The molecule has 0 fully saturated rings. The van der Waals surface area contributed by atoms with Crippen LogP contribution in [0.15, 0.2) is 24.3 Å². The van der Waals surface area contributed by atoms with Gasteiger partial charge in [-0.15, -0.1) is 5.10 Å². The first-order valence-corrected chi connectivity index (χ1v) is 5.20. The fraction of sp³-hybridized carbons (Fsp3) is 0.182. The lowest BCUT2D eigenvalue weighted by Crippen LogP contribution is -2.13. The standard InChI is InChI=1S/C11H12N4O2/c1-2-9-13-10(15-14-9)11(17)12-7-4-3-5-8(16)6-7/h3-6,16H,2H2,1H3,(H,12,17)(H,13,14,15). The summed E-state index contributed by atoms with van der Waals surface area (Å²) in [7, 11) is 0. The minimum atomic E-state index is -0.411. The van der Waals surface area contributed by atoms with E-state index in [0.29, 0.717) is 17.9 Å². The van der Waals surface area contributed by atoms with Crippen LogP contribution in [-0.4, -0.2) is 26.2 Å². The van der Waals surface area contributed by atoms with E-state index in [9.17, 15) is 9.90 Å². The van der Waals surface area contributed by atoms with E-state index in [-0.39, 0.29) is 11.6 Å². The van der Waals surface area contributed by atoms with Crippen molar-refractivity contribution >= 4 is 11.6 Å². The molecule has 2 aromatic rings. The number of anilines is 1. The number of benzene rings is 1. The first kappa shape index (κ1) is 11.1. The maximum absolute atomic E-state index is 11.7. The lowest BCUT2D eigenvalue weighted by atomic mass is 10.3. The maximum atomic E-state index is 11.7. The molecule has 0 saturated heterocycles. The smallest absolute Gasteiger partial charge is 0.295 e. The van der Waals surface area contributed by atoms with E-state index in [2.05, 4.69) is 20.5 Å². The fourth-order valence-corrected chi connectivity index (χ4v) is 1.33. The van der Waals surface area contributed by atoms with Crippen LogP contribution >= 0.6 is 0 Å². The number of aromatic nitrogens is 3. The largest absolute Gasteiger partial charge is 0.508 e. The zero-order valence-electron chi connectivity index (χ0n) is 9.27. The summed E-state index contributed by atoms with van der Waals surface area (Å²) in [5.74, 6) is 0.426. The molecule has 2 rings (SSSR count). The summed E-state index contributed by atoms with van der Waals surface area (Å²) in [6, 6.07) is 6.29. The minimum absolute atomic E-state index is 0.0881. The highest BCUT2D eigenvalue weighted by atomic mass is 16.3. The number of carbonyl (C=O) groups excluding carboxylic acids is 1. The summed E-state index contributed by atoms with van der Waals surface area (Å²) < 4.78 is 0. The summed E-state index contributed by atoms with van der Waals surface area (Å²) in [6.45, 7) is 1.91. The number of aryl methyl sites for hydroxylation is 1. The van der Waals surface area contributed by atoms with E-state index in [1.165, 1.54) is 12.1 Å². The molecule has 1 aromatic carbocycles. The quantitative estimate of drug-likeness (QED) is 0.744. The summed E-state index contributed by atoms with van der Waals surface area (Å²) in [4.78, 5) is 15.7. The van der Waals surface area contributed by atoms with Gasteiger partial charge in [-0.3, -0.25) is 9.89 Å². The summed E-state index contributed by atoms with van der Waals surface area (Å²) in [5.41, 5.74) is 0.498. The highest BCUT2D eigenvalue weighted by Crippen LogP contribution is 2.15. The van der Waals surface area contributed by atoms with Crippen molar-refractivity contribution < 1.29 is 9.90 Å². The van der Waals surface area contributed by atoms with E-state index >= 15 is 0 Å². The highest BCUT2D eigenvalue weighted by Gasteiger charge is 2.11. The van der Waals surface area contributed by atoms with Gasteiger partial charge >= 0.3 is 0 Å². The van der Waals surface area contributed by atoms with Crippen molar-refractivity contribution in [2.45, 2.75) is 13.3 Å². The van der Waals surface area contributed by atoms with Crippen LogP contribution in [0.25, 0.3) is 0 Å². The van der Waals surface area contributed by atoms with Gasteiger partial charge in [-0.1, -0.05) is 13.0 Å². The van der Waals surface area contributed by atoms with Gasteiger partial charge in [0.2, 0.25) is 5.82 Å². The number of phenolic OH excluding ortho intramolecular Hbond substituents is 1. The van der Waals surface area contributed by atoms with Gasteiger partial charge in [0.1, 0.15) is 11.6 Å². The number of hydrogen-bond acceptors (Lipinski definition) is 4. The molecule has 0 radical (unpaired) electrons. The third-order valence-corrected chi connectivity index (χ3v) is 2.17. The van der Waals surface area contributed by atoms with Crippen molar-refractivity contribution in [2.75, 3.05) is 5.32 Å². The average Bonchev–Trinajstić information content (AvgIpc) is 2.77. The van der Waals surface area contributed by atoms with Crippen LogP contribution in [0.3, 0.4) is 0 Å². The molecule has 1 aromatic heterocycles. The maximum Gasteiger partial charge on any atom is 0.295 e. The van der Waals surface area contributed by atoms with Crippen molar-refractivity contribution in [3.05, 3.63) is 35.9 Å². The van der Waals surface area contributed by atoms with Crippen LogP contribution in [0.5, 0.6) is 5.75 Å². The summed E-state index contributed by atoms with van der Waals surface area (Å²) >= 11 is 0. The van der Waals surface area contributed by atoms with Crippen LogP contribution in [0, 0.1) is 0 Å². The van der Waals surface area contributed by atoms with E-state index < -0.39 is 5.91 Å². The Morgan fingerprint density at radius 1 is 1.53 bits per heavy atom. The monoisotopic (exact) mass is 232 g/mol. The van der Waals surface area contributed by atoms with Crippen molar-refractivity contribution in [1.29, 1.82) is 0 Å². The molecule has 0 unspecified atom stereocenters. The molecule has 6 nitrogen and oxygen atoms in total. The normalized spacial score (nSPS) is 10.2. The van der Waals surface area contributed by atoms with E-state index in [1.807, 2.05) is 6.92 Å². The number of phenols is 1. The van der Waals surface area contributed by atoms with Gasteiger partial charge in [0.25, 0.3) is 5.91 Å². The number of hydrogen-bond donors (Lipinski definition) is 3. The lowest BCUT2D eigenvalue weighted by Gasteiger charge is -2.02. The fourth-order valence-electron chi connectivity index (χ4n) is 1.33. The molecule has 0 aliphatic carbocycles. The molecule has 88 valence electrons. The Balaban J connectivity index is 2.11. The van der Waals surface area contributed by atoms with Crippen molar-refractivity contribution in [2.24, 2.45) is 0 Å². The molecular formula is C11H12N4O2. The third kappa shape index (κ3) is 2.60. The average molecular weight is 232 g/mol. The number of aromatic amines is 1. The van der Waals surface area contributed by atoms with Gasteiger partial charge in [-0.25, -0.2) is 4.98 Å². The highest BCUT2D eigenvalue weighted by molar-refractivity contribution is 6.01. The minimum Gasteiger partial charge on any atom is -0.508 e. The second-order valence-electron chi connectivity index (χ2n) is 3.46. The Morgan fingerprint density at radius 2 is 2.35 bits per heavy atom. The van der Waals surface area contributed by atoms with Crippen molar-refractivity contribution in [3.8, 4) is 5.75 Å². The second kappa shape index (κ2) is 4.65. The van der Waals surface area contributed by atoms with Crippen LogP contribution in [-0.2, 0) is 6.42 Å². The van der Waals surface area contributed by atoms with Gasteiger partial charge in [0, 0.05) is 18.2 Å². The SMILES string of the molecule is CCc1nc(C(=O)Nc2cccc(O)c2)n[nH]1. The van der Waals surface area contributed by atoms with Crippen LogP contribution in [0.4, 0.5) is 5.69 Å².